The fraction of sp³-hybridized carbons (Fsp3) is 0.154. The molecule has 0 fully saturated rings. The third kappa shape index (κ3) is 7.51. The molecule has 2 aliphatic rings. The zero-order valence-corrected chi connectivity index (χ0v) is 13.2. The zero-order chi connectivity index (χ0) is 10.9. The molecule has 0 aliphatic heterocycles. The third-order valence-corrected chi connectivity index (χ3v) is 3.99. The number of hydrogen-bond acceptors (Lipinski definition) is 0. The first-order valence-corrected chi connectivity index (χ1v) is 6.60. The first-order valence-electron chi connectivity index (χ1n) is 4.89. The molecule has 0 saturated heterocycles. The molecule has 0 aromatic rings. The summed E-state index contributed by atoms with van der Waals surface area (Å²) >= 11 is 6.01. The second-order valence-corrected chi connectivity index (χ2v) is 4.92. The van der Waals surface area contributed by atoms with Gasteiger partial charge in [0.1, 0.15) is 0 Å². The summed E-state index contributed by atoms with van der Waals surface area (Å²) in [6.07, 6.45) is 20.9. The van der Waals surface area contributed by atoms with Crippen LogP contribution in [0.3, 0.4) is 0 Å². The average Bonchev–Trinajstić information content (AvgIpc) is 2.78. The van der Waals surface area contributed by atoms with Crippen LogP contribution in [0.4, 0.5) is 0 Å². The van der Waals surface area contributed by atoms with E-state index in [4.69, 9.17) is 0 Å². The molecule has 2 aliphatic carbocycles. The van der Waals surface area contributed by atoms with E-state index in [0.29, 0.717) is 0 Å². The molecule has 0 amide bonds. The molecule has 0 atom stereocenters. The molecule has 0 nitrogen and oxygen atoms in total. The van der Waals surface area contributed by atoms with Gasteiger partial charge < -0.3 is 0 Å². The minimum absolute atomic E-state index is 0. The predicted molar refractivity (Wildman–Crippen MR) is 68.6 cm³/mol. The maximum atomic E-state index is 3.01. The monoisotopic (exact) mass is 388 g/mol. The van der Waals surface area contributed by atoms with E-state index < -0.39 is 0 Å². The van der Waals surface area contributed by atoms with E-state index in [1.54, 1.807) is 0 Å². The molecule has 0 unspecified atom stereocenters. The maximum absolute atomic E-state index is 3.01. The van der Waals surface area contributed by atoms with Crippen molar-refractivity contribution in [3.8, 4) is 0 Å². The Kier molecular flexibility index (Phi) is 10.6. The second-order valence-electron chi connectivity index (χ2n) is 3.07. The molecule has 4 radical (unpaired) electrons. The van der Waals surface area contributed by atoms with Crippen LogP contribution in [0.15, 0.2) is 57.6 Å². The van der Waals surface area contributed by atoms with Gasteiger partial charge in [-0.05, 0) is 0 Å². The minimum atomic E-state index is 0. The number of hydrogen-bond donors (Lipinski definition) is 0. The van der Waals surface area contributed by atoms with E-state index in [1.165, 1.54) is 8.94 Å². The Bertz CT molecular complexity index is 304. The molecule has 16 heavy (non-hydrogen) atoms. The van der Waals surface area contributed by atoms with Crippen LogP contribution < -0.4 is 0 Å². The van der Waals surface area contributed by atoms with Crippen molar-refractivity contribution in [1.29, 1.82) is 0 Å². The van der Waals surface area contributed by atoms with Gasteiger partial charge in [0, 0.05) is 23.2 Å². The van der Waals surface area contributed by atoms with Crippen molar-refractivity contribution in [3.63, 3.8) is 0 Å². The number of rotatable bonds is 0. The molecular weight excluding hydrogens is 373 g/mol. The predicted octanol–water partition coefficient (Wildman–Crippen LogP) is 2.76. The van der Waals surface area contributed by atoms with Gasteiger partial charge in [0.25, 0.3) is 0 Å². The van der Waals surface area contributed by atoms with Gasteiger partial charge in [0.05, 0.1) is 0 Å². The van der Waals surface area contributed by atoms with E-state index in [-0.39, 0.29) is 16.8 Å². The van der Waals surface area contributed by atoms with E-state index in [2.05, 4.69) is 56.3 Å². The summed E-state index contributed by atoms with van der Waals surface area (Å²) in [6.45, 7) is 0. The standard InChI is InChI=1S/C8H8Se2.C5H5.Co/c9-7-5-3-1-2-4-6-8(7)10;1-2-4-5-3-1;/h3-6H,1-2H2;1-5H;/b5-3-,6-4-,8-7-;;. The molecule has 3 heteroatoms. The number of allylic oxidation sites excluding steroid dienone is 10. The summed E-state index contributed by atoms with van der Waals surface area (Å²) < 4.78 is 2.41. The first kappa shape index (κ1) is 16.2. The van der Waals surface area contributed by atoms with Gasteiger partial charge in [-0.2, -0.15) is 0 Å². The van der Waals surface area contributed by atoms with Crippen LogP contribution in [0.25, 0.3) is 0 Å². The molecule has 86 valence electrons. The topological polar surface area (TPSA) is 0 Å². The Morgan fingerprint density at radius 2 is 1.19 bits per heavy atom. The van der Waals surface area contributed by atoms with Crippen LogP contribution in [0.5, 0.6) is 0 Å². The first-order chi connectivity index (χ1) is 7.30. The zero-order valence-electron chi connectivity index (χ0n) is 8.76. The van der Waals surface area contributed by atoms with Gasteiger partial charge in [-0.1, -0.05) is 24.3 Å². The average molecular weight is 386 g/mol. The van der Waals surface area contributed by atoms with E-state index in [9.17, 15) is 0 Å². The molecule has 0 spiro atoms. The Hall–Kier alpha value is 0.245. The van der Waals surface area contributed by atoms with Crippen molar-refractivity contribution in [2.75, 3.05) is 0 Å². The van der Waals surface area contributed by atoms with Gasteiger partial charge in [0.2, 0.25) is 0 Å². The molecule has 0 aromatic heterocycles. The van der Waals surface area contributed by atoms with Gasteiger partial charge in [-0.15, -0.1) is 0 Å². The SMILES string of the molecule is [CH]1C=CC=C1.[Co].[Se]C1=C([Se])/C=C\CC/C=C\1. The summed E-state index contributed by atoms with van der Waals surface area (Å²) in [6, 6.07) is 0. The van der Waals surface area contributed by atoms with Crippen LogP contribution >= 0.6 is 0 Å². The Balaban J connectivity index is 0.000000318. The van der Waals surface area contributed by atoms with E-state index in [0.717, 1.165) is 12.8 Å². The molecule has 0 saturated carbocycles. The van der Waals surface area contributed by atoms with Crippen LogP contribution in [0.2, 0.25) is 0 Å². The molecular formula is C13H13CoSe2. The fourth-order valence-corrected chi connectivity index (χ4v) is 1.75. The van der Waals surface area contributed by atoms with Gasteiger partial charge in [-0.25, -0.2) is 0 Å². The third-order valence-electron chi connectivity index (χ3n) is 1.84. The molecule has 0 aromatic carbocycles. The Labute approximate surface area is 125 Å². The van der Waals surface area contributed by atoms with Crippen LogP contribution in [0.1, 0.15) is 12.8 Å². The van der Waals surface area contributed by atoms with E-state index >= 15 is 0 Å². The van der Waals surface area contributed by atoms with E-state index in [1.807, 2.05) is 30.7 Å². The van der Waals surface area contributed by atoms with Crippen LogP contribution in [0, 0.1) is 6.42 Å². The molecule has 0 bridgehead atoms. The fourth-order valence-electron chi connectivity index (χ4n) is 1.06. The normalized spacial score (nSPS) is 25.8. The van der Waals surface area contributed by atoms with Gasteiger partial charge in [0.15, 0.2) is 0 Å². The van der Waals surface area contributed by atoms with Crippen LogP contribution in [-0.2, 0) is 16.8 Å². The quantitative estimate of drug-likeness (QED) is 0.562. The Morgan fingerprint density at radius 3 is 1.50 bits per heavy atom. The van der Waals surface area contributed by atoms with Crippen molar-refractivity contribution in [2.24, 2.45) is 0 Å². The van der Waals surface area contributed by atoms with Gasteiger partial charge >= 0.3 is 78.1 Å². The van der Waals surface area contributed by atoms with Crippen molar-refractivity contribution in [3.05, 3.63) is 64.0 Å². The van der Waals surface area contributed by atoms with Crippen molar-refractivity contribution < 1.29 is 16.8 Å². The molecule has 0 heterocycles. The Morgan fingerprint density at radius 1 is 0.750 bits per heavy atom. The summed E-state index contributed by atoms with van der Waals surface area (Å²) in [5.41, 5.74) is 0. The molecule has 2 rings (SSSR count). The summed E-state index contributed by atoms with van der Waals surface area (Å²) in [5.74, 6) is 0. The molecule has 0 N–H and O–H groups in total. The second kappa shape index (κ2) is 10.4. The summed E-state index contributed by atoms with van der Waals surface area (Å²) in [5, 5.41) is 0. The van der Waals surface area contributed by atoms with Crippen molar-refractivity contribution >= 4 is 32.0 Å². The van der Waals surface area contributed by atoms with Crippen molar-refractivity contribution in [2.45, 2.75) is 12.8 Å². The van der Waals surface area contributed by atoms with Crippen molar-refractivity contribution in [1.82, 2.24) is 0 Å². The summed E-state index contributed by atoms with van der Waals surface area (Å²) in [7, 11) is 0. The summed E-state index contributed by atoms with van der Waals surface area (Å²) in [4.78, 5) is 0. The van der Waals surface area contributed by atoms with Gasteiger partial charge in [-0.3, -0.25) is 0 Å². The van der Waals surface area contributed by atoms with Crippen LogP contribution in [-0.4, -0.2) is 32.0 Å².